The highest BCUT2D eigenvalue weighted by molar-refractivity contribution is 6.24. The Labute approximate surface area is 305 Å². The molecule has 0 amide bonds. The van der Waals surface area contributed by atoms with E-state index in [1.165, 1.54) is 21.7 Å². The first-order valence-corrected chi connectivity index (χ1v) is 18.0. The van der Waals surface area contributed by atoms with Crippen LogP contribution in [0.1, 0.15) is 0 Å². The number of anilines is 3. The predicted molar refractivity (Wildman–Crippen MR) is 222 cm³/mol. The van der Waals surface area contributed by atoms with Crippen molar-refractivity contribution in [2.45, 2.75) is 0 Å². The summed E-state index contributed by atoms with van der Waals surface area (Å²) < 4.78 is 13.4. The van der Waals surface area contributed by atoms with Crippen LogP contribution < -0.4 is 4.90 Å². The molecule has 0 spiro atoms. The summed E-state index contributed by atoms with van der Waals surface area (Å²) in [6, 6.07) is 66.6. The maximum Gasteiger partial charge on any atom is 0.160 e. The number of hydrogen-bond donors (Lipinski definition) is 0. The summed E-state index contributed by atoms with van der Waals surface area (Å²) >= 11 is 0. The van der Waals surface area contributed by atoms with Crippen molar-refractivity contribution in [3.63, 3.8) is 0 Å². The lowest BCUT2D eigenvalue weighted by molar-refractivity contribution is 0.669. The van der Waals surface area contributed by atoms with Crippen molar-refractivity contribution in [1.29, 1.82) is 0 Å². The number of benzene rings is 9. The third kappa shape index (κ3) is 4.68. The van der Waals surface area contributed by atoms with Crippen LogP contribution in [0.4, 0.5) is 17.1 Å². The molecule has 0 atom stereocenters. The quantitative estimate of drug-likeness (QED) is 0.182. The van der Waals surface area contributed by atoms with Crippen molar-refractivity contribution >= 4 is 82.5 Å². The molecule has 11 aromatic rings. The molecule has 3 heteroatoms. The van der Waals surface area contributed by atoms with Gasteiger partial charge in [0, 0.05) is 38.5 Å². The molecule has 0 bridgehead atoms. The van der Waals surface area contributed by atoms with E-state index in [1.54, 1.807) is 0 Å². The highest BCUT2D eigenvalue weighted by Gasteiger charge is 2.23. The molecule has 0 N–H and O–H groups in total. The first kappa shape index (κ1) is 29.6. The number of nitrogens with zero attached hydrogens (tertiary/aromatic N) is 1. The molecule has 53 heavy (non-hydrogen) atoms. The lowest BCUT2D eigenvalue weighted by atomic mass is 9.96. The van der Waals surface area contributed by atoms with Crippen LogP contribution >= 0.6 is 0 Å². The van der Waals surface area contributed by atoms with Gasteiger partial charge in [0.05, 0.1) is 5.69 Å². The van der Waals surface area contributed by atoms with Crippen molar-refractivity contribution in [1.82, 2.24) is 0 Å². The van der Waals surface area contributed by atoms with Gasteiger partial charge in [-0.2, -0.15) is 0 Å². The number of hydrogen-bond acceptors (Lipinski definition) is 3. The van der Waals surface area contributed by atoms with Crippen LogP contribution in [-0.4, -0.2) is 0 Å². The zero-order chi connectivity index (χ0) is 34.9. The summed E-state index contributed by atoms with van der Waals surface area (Å²) in [4.78, 5) is 2.34. The van der Waals surface area contributed by atoms with E-state index in [9.17, 15) is 0 Å². The summed E-state index contributed by atoms with van der Waals surface area (Å²) in [5.74, 6) is 0. The fourth-order valence-electron chi connectivity index (χ4n) is 8.18. The normalized spacial score (nSPS) is 11.8. The van der Waals surface area contributed by atoms with Crippen molar-refractivity contribution in [2.24, 2.45) is 0 Å². The summed E-state index contributed by atoms with van der Waals surface area (Å²) in [6.45, 7) is 0. The van der Waals surface area contributed by atoms with E-state index in [4.69, 9.17) is 8.83 Å². The van der Waals surface area contributed by atoms with Gasteiger partial charge in [-0.15, -0.1) is 0 Å². The third-order valence-corrected chi connectivity index (χ3v) is 10.6. The largest absolute Gasteiger partial charge is 0.455 e. The van der Waals surface area contributed by atoms with Gasteiger partial charge in [-0.05, 0) is 86.8 Å². The summed E-state index contributed by atoms with van der Waals surface area (Å²) in [6.07, 6.45) is 0. The molecule has 0 aliphatic carbocycles. The molecular weight excluding hydrogens is 647 g/mol. The molecule has 9 aromatic carbocycles. The van der Waals surface area contributed by atoms with Gasteiger partial charge in [0.25, 0.3) is 0 Å². The van der Waals surface area contributed by atoms with E-state index in [1.807, 2.05) is 12.1 Å². The SMILES string of the molecule is c1ccc(-c2cccc(N(c3ccc(-c4cc5ccccc5c5c4oc4ccccc45)cc3)c3cc4ccccc4c4c3oc3ccccc34)c2)cc1. The Morgan fingerprint density at radius 1 is 0.340 bits per heavy atom. The summed E-state index contributed by atoms with van der Waals surface area (Å²) in [5.41, 5.74) is 11.1. The lowest BCUT2D eigenvalue weighted by Crippen LogP contribution is -2.10. The fraction of sp³-hybridized carbons (Fsp3) is 0. The topological polar surface area (TPSA) is 29.5 Å². The Bertz CT molecular complexity index is 3170. The Morgan fingerprint density at radius 2 is 0.887 bits per heavy atom. The molecule has 248 valence electrons. The van der Waals surface area contributed by atoms with Crippen LogP contribution in [-0.2, 0) is 0 Å². The average molecular weight is 678 g/mol. The highest BCUT2D eigenvalue weighted by Crippen LogP contribution is 2.47. The Balaban J connectivity index is 1.15. The predicted octanol–water partition coefficient (Wildman–Crippen LogP) is 14.6. The summed E-state index contributed by atoms with van der Waals surface area (Å²) in [5, 5.41) is 9.24. The highest BCUT2D eigenvalue weighted by atomic mass is 16.3. The van der Waals surface area contributed by atoms with Gasteiger partial charge in [-0.3, -0.25) is 0 Å². The second-order valence-corrected chi connectivity index (χ2v) is 13.7. The second-order valence-electron chi connectivity index (χ2n) is 13.7. The molecule has 0 radical (unpaired) electrons. The monoisotopic (exact) mass is 677 g/mol. The molecule has 0 fully saturated rings. The van der Waals surface area contributed by atoms with Gasteiger partial charge in [0.1, 0.15) is 16.7 Å². The molecule has 3 nitrogen and oxygen atoms in total. The first-order valence-electron chi connectivity index (χ1n) is 18.0. The van der Waals surface area contributed by atoms with Crippen LogP contribution in [0.5, 0.6) is 0 Å². The molecule has 0 saturated heterocycles. The van der Waals surface area contributed by atoms with Crippen LogP contribution in [0.2, 0.25) is 0 Å². The van der Waals surface area contributed by atoms with Crippen molar-refractivity contribution in [3.05, 3.63) is 188 Å². The fourth-order valence-corrected chi connectivity index (χ4v) is 8.18. The van der Waals surface area contributed by atoms with Crippen LogP contribution in [0.15, 0.2) is 197 Å². The molecule has 11 rings (SSSR count). The van der Waals surface area contributed by atoms with Gasteiger partial charge in [0.15, 0.2) is 5.58 Å². The van der Waals surface area contributed by atoms with Crippen LogP contribution in [0.25, 0.3) is 87.7 Å². The van der Waals surface area contributed by atoms with Gasteiger partial charge in [0.2, 0.25) is 0 Å². The molecule has 0 aliphatic heterocycles. The van der Waals surface area contributed by atoms with Crippen molar-refractivity contribution < 1.29 is 8.83 Å². The minimum atomic E-state index is 0.859. The Morgan fingerprint density at radius 3 is 1.58 bits per heavy atom. The molecule has 0 unspecified atom stereocenters. The Hall–Kier alpha value is -7.10. The van der Waals surface area contributed by atoms with E-state index in [0.29, 0.717) is 0 Å². The molecule has 2 heterocycles. The van der Waals surface area contributed by atoms with Gasteiger partial charge in [-0.1, -0.05) is 140 Å². The smallest absolute Gasteiger partial charge is 0.160 e. The van der Waals surface area contributed by atoms with E-state index in [0.717, 1.165) is 83.0 Å². The van der Waals surface area contributed by atoms with E-state index in [-0.39, 0.29) is 0 Å². The third-order valence-electron chi connectivity index (χ3n) is 10.6. The number of para-hydroxylation sites is 2. The maximum atomic E-state index is 6.79. The molecule has 0 aliphatic rings. The summed E-state index contributed by atoms with van der Waals surface area (Å²) in [7, 11) is 0. The minimum absolute atomic E-state index is 0.859. The average Bonchev–Trinajstić information content (AvgIpc) is 3.82. The number of rotatable bonds is 5. The zero-order valence-corrected chi connectivity index (χ0v) is 28.7. The number of furan rings is 2. The van der Waals surface area contributed by atoms with Crippen molar-refractivity contribution in [3.8, 4) is 22.3 Å². The number of fused-ring (bicyclic) bond motifs is 10. The second kappa shape index (κ2) is 11.7. The Kier molecular flexibility index (Phi) is 6.55. The van der Waals surface area contributed by atoms with E-state index < -0.39 is 0 Å². The van der Waals surface area contributed by atoms with Gasteiger partial charge in [-0.25, -0.2) is 0 Å². The maximum absolute atomic E-state index is 6.79. The van der Waals surface area contributed by atoms with E-state index in [2.05, 4.69) is 181 Å². The first-order chi connectivity index (χ1) is 26.3. The standard InChI is InChI=1S/C50H31NO2/c1-2-13-32(14-3-1)34-17-12-18-38(29-34)51(44-31-36-16-5-7-20-40(36)48-42-22-9-11-24-46(42)53-50(44)48)37-27-25-33(26-28-37)43-30-35-15-4-6-19-39(35)47-41-21-8-10-23-45(41)52-49(43)47/h1-31H. The van der Waals surface area contributed by atoms with E-state index >= 15 is 0 Å². The van der Waals surface area contributed by atoms with Gasteiger partial charge >= 0.3 is 0 Å². The van der Waals surface area contributed by atoms with Crippen LogP contribution in [0, 0.1) is 0 Å². The zero-order valence-electron chi connectivity index (χ0n) is 28.7. The van der Waals surface area contributed by atoms with Crippen molar-refractivity contribution in [2.75, 3.05) is 4.90 Å². The molecular formula is C50H31NO2. The lowest BCUT2D eigenvalue weighted by Gasteiger charge is -2.27. The molecule has 0 saturated carbocycles. The minimum Gasteiger partial charge on any atom is -0.455 e. The van der Waals surface area contributed by atoms with Gasteiger partial charge < -0.3 is 13.7 Å². The molecule has 2 aromatic heterocycles. The van der Waals surface area contributed by atoms with Crippen LogP contribution in [0.3, 0.4) is 0 Å².